The van der Waals surface area contributed by atoms with Gasteiger partial charge in [-0.05, 0) is 5.92 Å². The lowest BCUT2D eigenvalue weighted by Crippen LogP contribution is -2.55. The van der Waals surface area contributed by atoms with Crippen molar-refractivity contribution in [2.45, 2.75) is 0 Å². The van der Waals surface area contributed by atoms with Crippen molar-refractivity contribution in [3.05, 3.63) is 0 Å². The van der Waals surface area contributed by atoms with Gasteiger partial charge >= 0.3 is 0 Å². The van der Waals surface area contributed by atoms with E-state index in [2.05, 4.69) is 12.0 Å². The lowest BCUT2D eigenvalue weighted by atomic mass is 10.3. The summed E-state index contributed by atoms with van der Waals surface area (Å²) in [4.78, 5) is 0. The summed E-state index contributed by atoms with van der Waals surface area (Å²) in [7, 11) is 0. The molecule has 1 rings (SSSR count). The van der Waals surface area contributed by atoms with Crippen LogP contribution >= 0.6 is 0 Å². The van der Waals surface area contributed by atoms with Gasteiger partial charge in [0.15, 0.2) is 6.54 Å². The SMILES string of the molecule is C#CC[N+]1(CC#N)CCOCC1. The van der Waals surface area contributed by atoms with Gasteiger partial charge in [-0.2, -0.15) is 5.26 Å². The molecule has 0 saturated carbocycles. The minimum atomic E-state index is 0.508. The van der Waals surface area contributed by atoms with E-state index in [9.17, 15) is 0 Å². The van der Waals surface area contributed by atoms with E-state index in [4.69, 9.17) is 16.4 Å². The summed E-state index contributed by atoms with van der Waals surface area (Å²) in [6.07, 6.45) is 5.26. The van der Waals surface area contributed by atoms with Gasteiger partial charge < -0.3 is 4.74 Å². The maximum absolute atomic E-state index is 8.64. The maximum atomic E-state index is 8.64. The van der Waals surface area contributed by atoms with Crippen LogP contribution in [-0.2, 0) is 4.74 Å². The molecule has 3 heteroatoms. The number of quaternary nitrogens is 1. The maximum Gasteiger partial charge on any atom is 0.167 e. The van der Waals surface area contributed by atoms with E-state index < -0.39 is 0 Å². The number of ether oxygens (including phenoxy) is 1. The van der Waals surface area contributed by atoms with Gasteiger partial charge in [0.05, 0.1) is 13.2 Å². The monoisotopic (exact) mass is 165 g/mol. The van der Waals surface area contributed by atoms with E-state index in [-0.39, 0.29) is 0 Å². The average molecular weight is 165 g/mol. The Labute approximate surface area is 73.1 Å². The molecule has 0 radical (unpaired) electrons. The van der Waals surface area contributed by atoms with Crippen LogP contribution in [0.15, 0.2) is 0 Å². The van der Waals surface area contributed by atoms with Crippen LogP contribution in [0, 0.1) is 23.7 Å². The van der Waals surface area contributed by atoms with Crippen LogP contribution in [0.1, 0.15) is 0 Å². The molecular weight excluding hydrogens is 152 g/mol. The van der Waals surface area contributed by atoms with Gasteiger partial charge in [-0.1, -0.05) is 0 Å². The van der Waals surface area contributed by atoms with Gasteiger partial charge in [0.2, 0.25) is 0 Å². The lowest BCUT2D eigenvalue weighted by Gasteiger charge is -2.37. The Kier molecular flexibility index (Phi) is 3.10. The normalized spacial score (nSPS) is 20.8. The Morgan fingerprint density at radius 2 is 2.00 bits per heavy atom. The Hall–Kier alpha value is -1.03. The molecule has 0 amide bonds. The number of hydrogen-bond acceptors (Lipinski definition) is 2. The number of nitrogens with zero attached hydrogens (tertiary/aromatic N) is 2. The highest BCUT2D eigenvalue weighted by Gasteiger charge is 2.28. The molecule has 0 aromatic rings. The van der Waals surface area contributed by atoms with Crippen LogP contribution in [0.4, 0.5) is 0 Å². The first-order valence-electron chi connectivity index (χ1n) is 4.06. The number of rotatable bonds is 2. The summed E-state index contributed by atoms with van der Waals surface area (Å²) in [5, 5.41) is 8.64. The van der Waals surface area contributed by atoms with Crippen molar-refractivity contribution in [2.75, 3.05) is 39.4 Å². The van der Waals surface area contributed by atoms with Crippen molar-refractivity contribution in [3.8, 4) is 18.4 Å². The molecule has 1 saturated heterocycles. The topological polar surface area (TPSA) is 33.0 Å². The Morgan fingerprint density at radius 3 is 2.50 bits per heavy atom. The summed E-state index contributed by atoms with van der Waals surface area (Å²) in [5.74, 6) is 2.63. The third kappa shape index (κ3) is 1.98. The molecule has 1 aliphatic heterocycles. The number of nitriles is 1. The van der Waals surface area contributed by atoms with Gasteiger partial charge in [-0.15, -0.1) is 6.42 Å². The van der Waals surface area contributed by atoms with E-state index in [1.807, 2.05) is 0 Å². The molecule has 1 fully saturated rings. The van der Waals surface area contributed by atoms with E-state index in [0.29, 0.717) is 17.6 Å². The highest BCUT2D eigenvalue weighted by Crippen LogP contribution is 2.09. The average Bonchev–Trinajstić information content (AvgIpc) is 2.07. The molecule has 0 N–H and O–H groups in total. The first-order chi connectivity index (χ1) is 5.83. The summed E-state index contributed by atoms with van der Waals surface area (Å²) in [6.45, 7) is 4.35. The van der Waals surface area contributed by atoms with Crippen molar-refractivity contribution < 1.29 is 9.22 Å². The van der Waals surface area contributed by atoms with Crippen LogP contribution in [0.5, 0.6) is 0 Å². The molecule has 0 bridgehead atoms. The molecule has 64 valence electrons. The third-order valence-corrected chi connectivity index (χ3v) is 2.25. The summed E-state index contributed by atoms with van der Waals surface area (Å²) < 4.78 is 5.94. The van der Waals surface area contributed by atoms with Crippen molar-refractivity contribution in [1.82, 2.24) is 0 Å². The molecule has 1 heterocycles. The number of morpholine rings is 1. The summed E-state index contributed by atoms with van der Waals surface area (Å²) in [6, 6.07) is 2.18. The predicted octanol–water partition coefficient (Wildman–Crippen LogP) is -0.00982. The molecule has 0 aromatic heterocycles. The second-order valence-corrected chi connectivity index (χ2v) is 3.08. The number of hydrogen-bond donors (Lipinski definition) is 0. The van der Waals surface area contributed by atoms with Crippen LogP contribution in [0.2, 0.25) is 0 Å². The molecule has 0 aliphatic carbocycles. The third-order valence-electron chi connectivity index (χ3n) is 2.25. The largest absolute Gasteiger partial charge is 0.370 e. The molecular formula is C9H13N2O+. The van der Waals surface area contributed by atoms with Gasteiger partial charge in [0.1, 0.15) is 25.7 Å². The predicted molar refractivity (Wildman–Crippen MR) is 45.0 cm³/mol. The van der Waals surface area contributed by atoms with Gasteiger partial charge in [-0.25, -0.2) is 0 Å². The fourth-order valence-corrected chi connectivity index (χ4v) is 1.45. The van der Waals surface area contributed by atoms with Crippen LogP contribution < -0.4 is 0 Å². The summed E-state index contributed by atoms with van der Waals surface area (Å²) >= 11 is 0. The van der Waals surface area contributed by atoms with Crippen LogP contribution in [0.3, 0.4) is 0 Å². The standard InChI is InChI=1S/C9H13N2O/c1-2-4-11(5-3-10)6-8-12-9-7-11/h1H,4-9H2/q+1. The van der Waals surface area contributed by atoms with Gasteiger partial charge in [0, 0.05) is 0 Å². The zero-order valence-electron chi connectivity index (χ0n) is 7.12. The summed E-state index contributed by atoms with van der Waals surface area (Å²) in [5.41, 5.74) is 0. The Morgan fingerprint density at radius 1 is 1.33 bits per heavy atom. The first kappa shape index (κ1) is 9.06. The first-order valence-corrected chi connectivity index (χ1v) is 4.06. The zero-order valence-corrected chi connectivity index (χ0v) is 7.12. The Bertz CT molecular complexity index is 200. The van der Waals surface area contributed by atoms with Gasteiger partial charge in [-0.3, -0.25) is 4.48 Å². The highest BCUT2D eigenvalue weighted by atomic mass is 16.5. The molecule has 12 heavy (non-hydrogen) atoms. The van der Waals surface area contributed by atoms with Crippen molar-refractivity contribution in [2.24, 2.45) is 0 Å². The van der Waals surface area contributed by atoms with Crippen LogP contribution in [-0.4, -0.2) is 43.9 Å². The highest BCUT2D eigenvalue weighted by molar-refractivity contribution is 4.85. The van der Waals surface area contributed by atoms with Crippen molar-refractivity contribution >= 4 is 0 Å². The van der Waals surface area contributed by atoms with E-state index >= 15 is 0 Å². The van der Waals surface area contributed by atoms with Crippen molar-refractivity contribution in [3.63, 3.8) is 0 Å². The molecule has 0 atom stereocenters. The molecule has 0 unspecified atom stereocenters. The molecule has 0 spiro atoms. The zero-order chi connectivity index (χ0) is 8.86. The fraction of sp³-hybridized carbons (Fsp3) is 0.667. The smallest absolute Gasteiger partial charge is 0.167 e. The van der Waals surface area contributed by atoms with E-state index in [0.717, 1.165) is 26.3 Å². The lowest BCUT2D eigenvalue weighted by molar-refractivity contribution is -0.922. The Balaban J connectivity index is 2.58. The minimum absolute atomic E-state index is 0.508. The molecule has 1 aliphatic rings. The second kappa shape index (κ2) is 4.11. The second-order valence-electron chi connectivity index (χ2n) is 3.08. The number of terminal acetylenes is 1. The van der Waals surface area contributed by atoms with E-state index in [1.165, 1.54) is 0 Å². The van der Waals surface area contributed by atoms with Crippen LogP contribution in [0.25, 0.3) is 0 Å². The quantitative estimate of drug-likeness (QED) is 0.327. The molecule has 3 nitrogen and oxygen atoms in total. The minimum Gasteiger partial charge on any atom is -0.370 e. The van der Waals surface area contributed by atoms with Gasteiger partial charge in [0.25, 0.3) is 0 Å². The van der Waals surface area contributed by atoms with Crippen molar-refractivity contribution in [1.29, 1.82) is 5.26 Å². The fourth-order valence-electron chi connectivity index (χ4n) is 1.45. The van der Waals surface area contributed by atoms with E-state index in [1.54, 1.807) is 0 Å². The molecule has 0 aromatic carbocycles.